The van der Waals surface area contributed by atoms with Gasteiger partial charge in [-0.3, -0.25) is 4.79 Å². The van der Waals surface area contributed by atoms with Gasteiger partial charge in [-0.25, -0.2) is 0 Å². The summed E-state index contributed by atoms with van der Waals surface area (Å²) in [4.78, 5) is 10.5. The van der Waals surface area contributed by atoms with Crippen molar-refractivity contribution in [3.05, 3.63) is 47.2 Å². The van der Waals surface area contributed by atoms with Crippen molar-refractivity contribution in [1.82, 2.24) is 0 Å². The molecule has 0 aliphatic rings. The Morgan fingerprint density at radius 3 is 2.90 bits per heavy atom. The minimum absolute atomic E-state index is 0.500. The number of fused-ring (bicyclic) bond motifs is 1. The van der Waals surface area contributed by atoms with Crippen LogP contribution in [0.5, 0.6) is 5.75 Å². The number of furan rings is 1. The molecule has 20 heavy (non-hydrogen) atoms. The Hall–Kier alpha value is -2.29. The smallest absolute Gasteiger partial charge is 0.176 e. The maximum atomic E-state index is 10.5. The molecular formula is C17H18O3. The number of ether oxygens (including phenoxy) is 1. The number of aldehydes is 1. The summed E-state index contributed by atoms with van der Waals surface area (Å²) in [6.07, 6.45) is 7.69. The molecule has 0 unspecified atom stereocenters. The third-order valence-electron chi connectivity index (χ3n) is 3.06. The fourth-order valence-electron chi connectivity index (χ4n) is 1.98. The third-order valence-corrected chi connectivity index (χ3v) is 3.06. The minimum Gasteiger partial charge on any atom is -0.485 e. The number of hydrogen-bond acceptors (Lipinski definition) is 3. The first-order valence-corrected chi connectivity index (χ1v) is 6.52. The lowest BCUT2D eigenvalue weighted by molar-refractivity contribution is -0.104. The number of carbonyl (C=O) groups is 1. The number of hydrogen-bond donors (Lipinski definition) is 0. The van der Waals surface area contributed by atoms with Crippen LogP contribution >= 0.6 is 0 Å². The Morgan fingerprint density at radius 1 is 1.40 bits per heavy atom. The highest BCUT2D eigenvalue weighted by Gasteiger charge is 2.12. The van der Waals surface area contributed by atoms with Gasteiger partial charge in [-0.2, -0.15) is 0 Å². The Morgan fingerprint density at radius 2 is 2.20 bits per heavy atom. The van der Waals surface area contributed by atoms with E-state index in [1.54, 1.807) is 12.3 Å². The van der Waals surface area contributed by atoms with Crippen LogP contribution in [0, 0.1) is 6.92 Å². The van der Waals surface area contributed by atoms with Crippen molar-refractivity contribution < 1.29 is 13.9 Å². The van der Waals surface area contributed by atoms with E-state index >= 15 is 0 Å². The second-order valence-electron chi connectivity index (χ2n) is 4.85. The van der Waals surface area contributed by atoms with E-state index in [1.165, 1.54) is 11.6 Å². The minimum atomic E-state index is 0.500. The molecule has 0 saturated heterocycles. The van der Waals surface area contributed by atoms with Crippen LogP contribution in [0.3, 0.4) is 0 Å². The molecule has 0 atom stereocenters. The van der Waals surface area contributed by atoms with Crippen molar-refractivity contribution in [3.8, 4) is 5.75 Å². The predicted octanol–water partition coefficient (Wildman–Crippen LogP) is 4.30. The number of benzene rings is 1. The quantitative estimate of drug-likeness (QED) is 0.462. The number of allylic oxidation sites excluding steroid dienone is 2. The average molecular weight is 270 g/mol. The molecule has 0 aliphatic heterocycles. The van der Waals surface area contributed by atoms with E-state index < -0.39 is 0 Å². The molecule has 1 aromatic heterocycles. The van der Waals surface area contributed by atoms with Gasteiger partial charge < -0.3 is 9.15 Å². The van der Waals surface area contributed by atoms with Crippen LogP contribution in [0.2, 0.25) is 0 Å². The van der Waals surface area contributed by atoms with Gasteiger partial charge in [0.1, 0.15) is 12.9 Å². The van der Waals surface area contributed by atoms with Crippen molar-refractivity contribution in [3.63, 3.8) is 0 Å². The van der Waals surface area contributed by atoms with Gasteiger partial charge in [-0.1, -0.05) is 11.6 Å². The van der Waals surface area contributed by atoms with E-state index in [0.29, 0.717) is 6.61 Å². The Labute approximate surface area is 118 Å². The van der Waals surface area contributed by atoms with E-state index in [4.69, 9.17) is 9.15 Å². The standard InChI is InChI=1S/C17H18O3/c1-12(2)6-9-19-16-13(3)14(5-4-8-18)11-15-7-10-20-17(15)16/h4-8,10-11H,9H2,1-3H3/b5-4+. The molecule has 0 fully saturated rings. The molecule has 3 nitrogen and oxygen atoms in total. The maximum absolute atomic E-state index is 10.5. The van der Waals surface area contributed by atoms with E-state index in [9.17, 15) is 4.79 Å². The monoisotopic (exact) mass is 270 g/mol. The molecule has 3 heteroatoms. The van der Waals surface area contributed by atoms with Gasteiger partial charge in [0, 0.05) is 10.9 Å². The van der Waals surface area contributed by atoms with Crippen molar-refractivity contribution >= 4 is 23.3 Å². The van der Waals surface area contributed by atoms with E-state index in [0.717, 1.165) is 34.1 Å². The summed E-state index contributed by atoms with van der Waals surface area (Å²) < 4.78 is 11.4. The van der Waals surface area contributed by atoms with Gasteiger partial charge >= 0.3 is 0 Å². The van der Waals surface area contributed by atoms with Crippen molar-refractivity contribution in [1.29, 1.82) is 0 Å². The zero-order valence-electron chi connectivity index (χ0n) is 12.0. The van der Waals surface area contributed by atoms with Crippen molar-refractivity contribution in [2.75, 3.05) is 6.61 Å². The molecule has 0 N–H and O–H groups in total. The highest BCUT2D eigenvalue weighted by Crippen LogP contribution is 2.33. The lowest BCUT2D eigenvalue weighted by atomic mass is 10.0. The van der Waals surface area contributed by atoms with E-state index in [1.807, 2.05) is 39.0 Å². The van der Waals surface area contributed by atoms with Gasteiger partial charge in [-0.15, -0.1) is 0 Å². The Balaban J connectivity index is 2.46. The Kier molecular flexibility index (Phi) is 4.41. The molecule has 104 valence electrons. The van der Waals surface area contributed by atoms with Crippen LogP contribution in [0.25, 0.3) is 17.0 Å². The second kappa shape index (κ2) is 6.24. The van der Waals surface area contributed by atoms with Crippen LogP contribution in [0.15, 0.2) is 40.5 Å². The van der Waals surface area contributed by atoms with Crippen LogP contribution in [-0.2, 0) is 4.79 Å². The maximum Gasteiger partial charge on any atom is 0.176 e. The zero-order chi connectivity index (χ0) is 14.5. The highest BCUT2D eigenvalue weighted by atomic mass is 16.5. The molecule has 0 saturated carbocycles. The fraction of sp³-hybridized carbons (Fsp3) is 0.235. The van der Waals surface area contributed by atoms with Crippen LogP contribution in [-0.4, -0.2) is 12.9 Å². The zero-order valence-corrected chi connectivity index (χ0v) is 12.0. The number of carbonyl (C=O) groups excluding carboxylic acids is 1. The molecular weight excluding hydrogens is 252 g/mol. The first-order chi connectivity index (χ1) is 9.63. The first-order valence-electron chi connectivity index (χ1n) is 6.52. The summed E-state index contributed by atoms with van der Waals surface area (Å²) in [5.41, 5.74) is 3.87. The summed E-state index contributed by atoms with van der Waals surface area (Å²) in [7, 11) is 0. The van der Waals surface area contributed by atoms with Gasteiger partial charge in [0.15, 0.2) is 11.3 Å². The van der Waals surface area contributed by atoms with Crippen LogP contribution < -0.4 is 4.74 Å². The van der Waals surface area contributed by atoms with Gasteiger partial charge in [0.25, 0.3) is 0 Å². The predicted molar refractivity (Wildman–Crippen MR) is 81.0 cm³/mol. The van der Waals surface area contributed by atoms with E-state index in [2.05, 4.69) is 0 Å². The summed E-state index contributed by atoms with van der Waals surface area (Å²) in [5, 5.41) is 0.966. The van der Waals surface area contributed by atoms with Gasteiger partial charge in [-0.05, 0) is 50.6 Å². The van der Waals surface area contributed by atoms with E-state index in [-0.39, 0.29) is 0 Å². The first kappa shape index (κ1) is 14.1. The van der Waals surface area contributed by atoms with Crippen molar-refractivity contribution in [2.45, 2.75) is 20.8 Å². The largest absolute Gasteiger partial charge is 0.485 e. The second-order valence-corrected chi connectivity index (χ2v) is 4.85. The van der Waals surface area contributed by atoms with Crippen molar-refractivity contribution in [2.24, 2.45) is 0 Å². The lowest BCUT2D eigenvalue weighted by Gasteiger charge is -2.11. The number of rotatable bonds is 5. The SMILES string of the molecule is CC(C)=CCOc1c(C)c(/C=C/C=O)cc2ccoc12. The summed E-state index contributed by atoms with van der Waals surface area (Å²) in [6, 6.07) is 3.88. The topological polar surface area (TPSA) is 39.4 Å². The molecule has 0 radical (unpaired) electrons. The Bertz CT molecular complexity index is 671. The summed E-state index contributed by atoms with van der Waals surface area (Å²) in [5.74, 6) is 0.732. The third kappa shape index (κ3) is 2.99. The van der Waals surface area contributed by atoms with Gasteiger partial charge in [0.05, 0.1) is 6.26 Å². The molecule has 2 aromatic rings. The molecule has 1 aromatic carbocycles. The van der Waals surface area contributed by atoms with Crippen LogP contribution in [0.1, 0.15) is 25.0 Å². The fourth-order valence-corrected chi connectivity index (χ4v) is 1.98. The molecule has 0 amide bonds. The normalized spacial score (nSPS) is 10.9. The summed E-state index contributed by atoms with van der Waals surface area (Å²) in [6.45, 7) is 6.52. The molecule has 0 spiro atoms. The lowest BCUT2D eigenvalue weighted by Crippen LogP contribution is -1.98. The average Bonchev–Trinajstić information content (AvgIpc) is 2.86. The highest BCUT2D eigenvalue weighted by molar-refractivity contribution is 5.89. The molecule has 0 bridgehead atoms. The summed E-state index contributed by atoms with van der Waals surface area (Å²) >= 11 is 0. The van der Waals surface area contributed by atoms with Crippen LogP contribution in [0.4, 0.5) is 0 Å². The molecule has 2 rings (SSSR count). The molecule has 1 heterocycles. The van der Waals surface area contributed by atoms with Gasteiger partial charge in [0.2, 0.25) is 0 Å². The molecule has 0 aliphatic carbocycles.